The van der Waals surface area contributed by atoms with Gasteiger partial charge in [-0.15, -0.1) is 0 Å². The van der Waals surface area contributed by atoms with Gasteiger partial charge in [-0.05, 0) is 138 Å². The van der Waals surface area contributed by atoms with Gasteiger partial charge in [-0.2, -0.15) is 0 Å². The minimum absolute atomic E-state index is 0.0429. The average Bonchev–Trinajstić information content (AvgIpc) is 1.64. The quantitative estimate of drug-likeness (QED) is 0.0158. The van der Waals surface area contributed by atoms with Crippen LogP contribution in [0.3, 0.4) is 0 Å². The number of Topliss-reactive ketones (excluding diaryl/α,β-unsaturated/α-hetero) is 2. The van der Waals surface area contributed by atoms with Gasteiger partial charge in [0.15, 0.2) is 5.78 Å². The zero-order valence-electron chi connectivity index (χ0n) is 55.0. The van der Waals surface area contributed by atoms with Crippen LogP contribution in [0.25, 0.3) is 33.4 Å². The predicted molar refractivity (Wildman–Crippen MR) is 366 cm³/mol. The van der Waals surface area contributed by atoms with Gasteiger partial charge in [0.1, 0.15) is 25.6 Å². The van der Waals surface area contributed by atoms with E-state index in [-0.39, 0.29) is 101 Å². The second-order valence-electron chi connectivity index (χ2n) is 25.5. The minimum atomic E-state index is -0.983. The molecule has 7 amide bonds. The molecule has 0 aromatic heterocycles. The summed E-state index contributed by atoms with van der Waals surface area (Å²) in [5, 5.41) is 11.3. The zero-order chi connectivity index (χ0) is 67.2. The molecule has 8 N–H and O–H groups in total. The number of carbonyl (C=O) groups excluding carboxylic acids is 8. The molecular formula is C76H92N8O11. The van der Waals surface area contributed by atoms with Gasteiger partial charge >= 0.3 is 24.3 Å². The van der Waals surface area contributed by atoms with Gasteiger partial charge in [-0.3, -0.25) is 14.4 Å². The first kappa shape index (κ1) is 70.0. The lowest BCUT2D eigenvalue weighted by Crippen LogP contribution is -2.48. The number of ketones is 2. The molecule has 19 heteroatoms. The molecule has 0 bridgehead atoms. The fourth-order valence-electron chi connectivity index (χ4n) is 13.6. The molecule has 95 heavy (non-hydrogen) atoms. The van der Waals surface area contributed by atoms with E-state index in [1.165, 1.54) is 6.92 Å². The summed E-state index contributed by atoms with van der Waals surface area (Å²) in [5.41, 5.74) is 24.6. The molecule has 502 valence electrons. The van der Waals surface area contributed by atoms with E-state index in [2.05, 4.69) is 94.1 Å². The second kappa shape index (κ2) is 34.7. The van der Waals surface area contributed by atoms with Crippen molar-refractivity contribution in [2.45, 2.75) is 115 Å². The molecule has 0 heterocycles. The van der Waals surface area contributed by atoms with E-state index in [4.69, 9.17) is 25.7 Å². The van der Waals surface area contributed by atoms with Crippen LogP contribution in [0.4, 0.5) is 19.2 Å². The Balaban J connectivity index is 0.782. The lowest BCUT2D eigenvalue weighted by molar-refractivity contribution is -0.134. The molecule has 0 fully saturated rings. The first-order valence-electron chi connectivity index (χ1n) is 33.7. The number of primary amides is 1. The summed E-state index contributed by atoms with van der Waals surface area (Å²) >= 11 is 0. The van der Waals surface area contributed by atoms with Gasteiger partial charge in [0, 0.05) is 88.2 Å². The van der Waals surface area contributed by atoms with Crippen molar-refractivity contribution >= 4 is 47.7 Å². The molecule has 0 saturated heterocycles. The predicted octanol–water partition coefficient (Wildman–Crippen LogP) is 11.6. The third-order valence-corrected chi connectivity index (χ3v) is 18.5. The summed E-state index contributed by atoms with van der Waals surface area (Å²) in [6.45, 7) is 7.74. The zero-order valence-corrected chi connectivity index (χ0v) is 55.0. The van der Waals surface area contributed by atoms with Gasteiger partial charge in [-0.1, -0.05) is 166 Å². The highest BCUT2D eigenvalue weighted by molar-refractivity contribution is 5.94. The SMILES string of the molecule is CC(=O)C[C@@H](CCCCNC(=O)OCC1c2ccccc2-c2ccccc21)C(=O)N[C@H](C(=O)C[C@@H](CCCNC(N)=O)C(=O)NCCCN(CCCCN(CCCN)C(=O)OCC1c2ccccc2-c2ccccc21)C(=O)OCC1c2ccccc2-c2ccccc21)C(C)C. The van der Waals surface area contributed by atoms with Crippen LogP contribution in [0.1, 0.15) is 143 Å². The maximum atomic E-state index is 14.4. The third kappa shape index (κ3) is 18.5. The van der Waals surface area contributed by atoms with E-state index in [0.29, 0.717) is 77.5 Å². The number of nitrogens with zero attached hydrogens (tertiary/aromatic N) is 2. The van der Waals surface area contributed by atoms with Crippen molar-refractivity contribution in [2.75, 3.05) is 72.2 Å². The van der Waals surface area contributed by atoms with Crippen molar-refractivity contribution in [3.63, 3.8) is 0 Å². The fourth-order valence-corrected chi connectivity index (χ4v) is 13.6. The van der Waals surface area contributed by atoms with Crippen molar-refractivity contribution < 1.29 is 52.6 Å². The Kier molecular flexibility index (Phi) is 25.6. The lowest BCUT2D eigenvalue weighted by Gasteiger charge is -2.26. The highest BCUT2D eigenvalue weighted by Gasteiger charge is 2.35. The molecule has 3 aliphatic rings. The van der Waals surface area contributed by atoms with Crippen LogP contribution in [-0.2, 0) is 33.4 Å². The number of fused-ring (bicyclic) bond motifs is 9. The normalized spacial score (nSPS) is 13.6. The number of hydrogen-bond acceptors (Lipinski definition) is 12. The maximum Gasteiger partial charge on any atom is 0.409 e. The van der Waals surface area contributed by atoms with E-state index in [9.17, 15) is 38.4 Å². The maximum absolute atomic E-state index is 14.4. The number of unbranched alkanes of at least 4 members (excludes halogenated alkanes) is 2. The first-order valence-corrected chi connectivity index (χ1v) is 33.7. The summed E-state index contributed by atoms with van der Waals surface area (Å²) in [4.78, 5) is 111. The van der Waals surface area contributed by atoms with Crippen molar-refractivity contribution in [3.8, 4) is 33.4 Å². The molecule has 19 nitrogen and oxygen atoms in total. The number of alkyl carbamates (subject to hydrolysis) is 1. The summed E-state index contributed by atoms with van der Waals surface area (Å²) in [5.74, 6) is -3.75. The highest BCUT2D eigenvalue weighted by atomic mass is 16.6. The standard InChI is InChI=1S/C76H92N8O11/c1-50(2)70(82-72(88)52(45-51(3)85)23-16-17-38-81-74(90)93-47-66-60-31-10-4-25-54(60)55-26-5-11-32-61(55)66)69(86)46-53(24-20-39-80-73(78)89)71(87)79-40-22-44-84(76(92)95-49-68-64-35-14-8-29-58(64)59-30-9-15-36-65(59)68)42-19-18-41-83(43-21-37-77)75(91)94-48-67-62-33-12-6-27-56(62)57-28-7-13-34-63(57)67/h4-15,25-36,50,52-53,66-68,70H,16-24,37-49,77H2,1-3H3,(H,79,87)(H,81,90)(H,82,88)(H3,78,80,89)/t52-,53-,70+/m1/s1. The number of benzene rings is 6. The van der Waals surface area contributed by atoms with Crippen LogP contribution in [0.2, 0.25) is 0 Å². The number of ether oxygens (including phenoxy) is 3. The Labute approximate surface area is 557 Å². The highest BCUT2D eigenvalue weighted by Crippen LogP contribution is 2.47. The molecule has 0 saturated carbocycles. The van der Waals surface area contributed by atoms with Gasteiger partial charge in [0.2, 0.25) is 11.8 Å². The van der Waals surface area contributed by atoms with Crippen molar-refractivity contribution in [3.05, 3.63) is 179 Å². The summed E-state index contributed by atoms with van der Waals surface area (Å²) in [7, 11) is 0. The van der Waals surface area contributed by atoms with Gasteiger partial charge in [0.05, 0.1) is 6.04 Å². The van der Waals surface area contributed by atoms with Gasteiger partial charge in [-0.25, -0.2) is 19.2 Å². The monoisotopic (exact) mass is 1290 g/mol. The van der Waals surface area contributed by atoms with Crippen LogP contribution in [0.5, 0.6) is 0 Å². The molecule has 6 aromatic rings. The summed E-state index contributed by atoms with van der Waals surface area (Å²) in [6.07, 6.45) is 2.06. The van der Waals surface area contributed by atoms with Crippen molar-refractivity contribution in [1.29, 1.82) is 0 Å². The molecule has 0 unspecified atom stereocenters. The molecular weight excluding hydrogens is 1200 g/mol. The number of urea groups is 1. The van der Waals surface area contributed by atoms with E-state index >= 15 is 0 Å². The van der Waals surface area contributed by atoms with Crippen LogP contribution in [-0.4, -0.2) is 136 Å². The molecule has 6 aromatic carbocycles. The van der Waals surface area contributed by atoms with E-state index in [1.54, 1.807) is 23.6 Å². The Hall–Kier alpha value is -9.36. The van der Waals surface area contributed by atoms with Crippen LogP contribution >= 0.6 is 0 Å². The summed E-state index contributed by atoms with van der Waals surface area (Å²) in [6, 6.07) is 47.1. The topological polar surface area (TPSA) is 271 Å². The van der Waals surface area contributed by atoms with E-state index < -0.39 is 54.0 Å². The largest absolute Gasteiger partial charge is 0.449 e. The number of amides is 7. The van der Waals surface area contributed by atoms with Crippen LogP contribution in [0, 0.1) is 17.8 Å². The van der Waals surface area contributed by atoms with Gasteiger partial charge in [0.25, 0.3) is 0 Å². The smallest absolute Gasteiger partial charge is 0.409 e. The molecule has 0 spiro atoms. The Bertz CT molecular complexity index is 3510. The number of rotatable bonds is 36. The van der Waals surface area contributed by atoms with E-state index in [0.717, 1.165) is 66.8 Å². The molecule has 9 rings (SSSR count). The van der Waals surface area contributed by atoms with Crippen LogP contribution in [0.15, 0.2) is 146 Å². The number of nitrogens with one attached hydrogen (secondary N) is 4. The van der Waals surface area contributed by atoms with Crippen LogP contribution < -0.4 is 32.7 Å². The summed E-state index contributed by atoms with van der Waals surface area (Å²) < 4.78 is 17.9. The molecule has 0 aliphatic heterocycles. The minimum Gasteiger partial charge on any atom is -0.449 e. The molecule has 3 atom stereocenters. The fraction of sp³-hybridized carbons (Fsp3) is 0.421. The Morgan fingerprint density at radius 3 is 1.24 bits per heavy atom. The molecule has 0 radical (unpaired) electrons. The Morgan fingerprint density at radius 2 is 0.821 bits per heavy atom. The Morgan fingerprint density at radius 1 is 0.442 bits per heavy atom. The van der Waals surface area contributed by atoms with E-state index in [1.807, 2.05) is 72.8 Å². The number of carbonyl (C=O) groups is 8. The lowest BCUT2D eigenvalue weighted by atomic mass is 9.88. The van der Waals surface area contributed by atoms with Crippen molar-refractivity contribution in [2.24, 2.45) is 29.2 Å². The number of nitrogens with two attached hydrogens (primary N) is 2. The first-order chi connectivity index (χ1) is 46.1. The second-order valence-corrected chi connectivity index (χ2v) is 25.5. The third-order valence-electron chi connectivity index (χ3n) is 18.5. The molecule has 3 aliphatic carbocycles. The van der Waals surface area contributed by atoms with Gasteiger partial charge < -0.3 is 61.5 Å². The average molecular weight is 1290 g/mol. The van der Waals surface area contributed by atoms with Crippen molar-refractivity contribution in [1.82, 2.24) is 31.1 Å². The number of hydrogen-bond donors (Lipinski definition) is 6.